The van der Waals surface area contributed by atoms with Gasteiger partial charge in [-0.25, -0.2) is 8.42 Å². The number of benzene rings is 2. The number of hydrogen-bond donors (Lipinski definition) is 1. The first-order chi connectivity index (χ1) is 15.0. The van der Waals surface area contributed by atoms with E-state index in [0.717, 1.165) is 16.1 Å². The van der Waals surface area contributed by atoms with E-state index in [9.17, 15) is 18.0 Å². The van der Waals surface area contributed by atoms with Crippen LogP contribution in [0.1, 0.15) is 25.0 Å². The molecule has 0 spiro atoms. The highest BCUT2D eigenvalue weighted by atomic mass is 35.5. The van der Waals surface area contributed by atoms with Crippen molar-refractivity contribution < 1.29 is 18.0 Å². The molecule has 2 aromatic carbocycles. The lowest BCUT2D eigenvalue weighted by molar-refractivity contribution is -0.139. The molecule has 10 heteroatoms. The molecule has 0 radical (unpaired) electrons. The number of halogens is 2. The van der Waals surface area contributed by atoms with Gasteiger partial charge in [0.25, 0.3) is 0 Å². The van der Waals surface area contributed by atoms with Crippen molar-refractivity contribution in [2.24, 2.45) is 0 Å². The Bertz CT molecular complexity index is 1090. The fraction of sp³-hybridized carbons (Fsp3) is 0.364. The summed E-state index contributed by atoms with van der Waals surface area (Å²) in [6, 6.07) is 11.1. The summed E-state index contributed by atoms with van der Waals surface area (Å²) in [6.07, 6.45) is 1.65. The summed E-state index contributed by atoms with van der Waals surface area (Å²) in [5, 5.41) is 3.21. The molecule has 1 atom stereocenters. The average molecular weight is 500 g/mol. The van der Waals surface area contributed by atoms with Crippen LogP contribution in [0.4, 0.5) is 5.69 Å². The van der Waals surface area contributed by atoms with Crippen LogP contribution < -0.4 is 9.62 Å². The maximum atomic E-state index is 13.4. The van der Waals surface area contributed by atoms with Crippen LogP contribution in [0.25, 0.3) is 0 Å². The van der Waals surface area contributed by atoms with Gasteiger partial charge in [0.15, 0.2) is 0 Å². The molecular formula is C22H27Cl2N3O4S. The van der Waals surface area contributed by atoms with Gasteiger partial charge in [-0.3, -0.25) is 13.9 Å². The quantitative estimate of drug-likeness (QED) is 0.571. The van der Waals surface area contributed by atoms with Gasteiger partial charge in [-0.2, -0.15) is 0 Å². The summed E-state index contributed by atoms with van der Waals surface area (Å²) >= 11 is 12.1. The van der Waals surface area contributed by atoms with Gasteiger partial charge in [-0.05, 0) is 42.7 Å². The molecule has 0 fully saturated rings. The highest BCUT2D eigenvalue weighted by molar-refractivity contribution is 7.92. The Hall–Kier alpha value is -2.29. The van der Waals surface area contributed by atoms with Gasteiger partial charge in [-0.15, -0.1) is 0 Å². The number of anilines is 1. The zero-order chi connectivity index (χ0) is 24.1. The van der Waals surface area contributed by atoms with E-state index in [4.69, 9.17) is 23.2 Å². The lowest BCUT2D eigenvalue weighted by atomic mass is 10.1. The van der Waals surface area contributed by atoms with Crippen LogP contribution in [0, 0.1) is 0 Å². The maximum absolute atomic E-state index is 13.4. The average Bonchev–Trinajstić information content (AvgIpc) is 2.76. The number of carbonyl (C=O) groups excluding carboxylic acids is 2. The molecule has 1 unspecified atom stereocenters. The molecule has 0 aliphatic rings. The highest BCUT2D eigenvalue weighted by Crippen LogP contribution is 2.26. The summed E-state index contributed by atoms with van der Waals surface area (Å²) in [6.45, 7) is 3.10. The number of nitrogens with zero attached hydrogens (tertiary/aromatic N) is 2. The minimum atomic E-state index is -3.77. The molecule has 2 amide bonds. The van der Waals surface area contributed by atoms with Gasteiger partial charge in [0.1, 0.15) is 12.6 Å². The topological polar surface area (TPSA) is 86.8 Å². The van der Waals surface area contributed by atoms with Crippen LogP contribution in [0.5, 0.6) is 0 Å². The zero-order valence-corrected chi connectivity index (χ0v) is 20.8. The van der Waals surface area contributed by atoms with Crippen LogP contribution in [0.2, 0.25) is 10.0 Å². The van der Waals surface area contributed by atoms with Crippen molar-refractivity contribution in [2.45, 2.75) is 32.9 Å². The van der Waals surface area contributed by atoms with Crippen LogP contribution in [-0.4, -0.2) is 51.0 Å². The minimum absolute atomic E-state index is 0.0529. The molecule has 0 aromatic heterocycles. The number of para-hydroxylation sites is 1. The smallest absolute Gasteiger partial charge is 0.244 e. The number of amides is 2. The van der Waals surface area contributed by atoms with E-state index in [-0.39, 0.29) is 12.5 Å². The molecule has 0 aliphatic carbocycles. The Morgan fingerprint density at radius 3 is 2.31 bits per heavy atom. The second-order valence-corrected chi connectivity index (χ2v) is 10.0. The third-order valence-electron chi connectivity index (χ3n) is 5.07. The maximum Gasteiger partial charge on any atom is 0.244 e. The second-order valence-electron chi connectivity index (χ2n) is 7.31. The molecule has 0 saturated carbocycles. The normalized spacial score (nSPS) is 12.2. The Morgan fingerprint density at radius 2 is 1.75 bits per heavy atom. The largest absolute Gasteiger partial charge is 0.357 e. The van der Waals surface area contributed by atoms with Crippen molar-refractivity contribution in [1.82, 2.24) is 10.2 Å². The van der Waals surface area contributed by atoms with Crippen LogP contribution >= 0.6 is 23.2 Å². The molecule has 174 valence electrons. The Balaban J connectivity index is 2.43. The van der Waals surface area contributed by atoms with Crippen molar-refractivity contribution in [3.8, 4) is 0 Å². The van der Waals surface area contributed by atoms with Crippen molar-refractivity contribution in [2.75, 3.05) is 24.2 Å². The SMILES string of the molecule is CCc1ccccc1N(CC(=O)N(Cc1ccc(Cl)c(Cl)c1)C(C)C(=O)NC)S(C)(=O)=O. The summed E-state index contributed by atoms with van der Waals surface area (Å²) in [4.78, 5) is 27.0. The van der Waals surface area contributed by atoms with Crippen LogP contribution in [0.15, 0.2) is 42.5 Å². The first-order valence-corrected chi connectivity index (χ1v) is 12.6. The number of likely N-dealkylation sites (N-methyl/N-ethyl adjacent to an activating group) is 1. The molecule has 0 bridgehead atoms. The van der Waals surface area contributed by atoms with Gasteiger partial charge in [0.2, 0.25) is 21.8 Å². The summed E-state index contributed by atoms with van der Waals surface area (Å²) in [7, 11) is -2.30. The first kappa shape index (κ1) is 26.0. The van der Waals surface area contributed by atoms with Crippen molar-refractivity contribution >= 4 is 50.7 Å². The number of sulfonamides is 1. The third kappa shape index (κ3) is 6.37. The van der Waals surface area contributed by atoms with E-state index in [1.54, 1.807) is 37.3 Å². The molecule has 32 heavy (non-hydrogen) atoms. The predicted molar refractivity (Wildman–Crippen MR) is 129 cm³/mol. The Kier molecular flexibility index (Phi) is 8.95. The number of hydrogen-bond acceptors (Lipinski definition) is 4. The van der Waals surface area contributed by atoms with Crippen LogP contribution in [-0.2, 0) is 32.6 Å². The van der Waals surface area contributed by atoms with Crippen LogP contribution in [0.3, 0.4) is 0 Å². The standard InChI is InChI=1S/C22H27Cl2N3O4S/c1-5-17-8-6-7-9-20(17)27(32(4,30)31)14-21(28)26(15(2)22(29)25-3)13-16-10-11-18(23)19(24)12-16/h6-12,15H,5,13-14H2,1-4H3,(H,25,29). The van der Waals surface area contributed by atoms with E-state index in [1.807, 2.05) is 19.1 Å². The van der Waals surface area contributed by atoms with E-state index in [2.05, 4.69) is 5.32 Å². The second kappa shape index (κ2) is 11.0. The van der Waals surface area contributed by atoms with Crippen molar-refractivity contribution in [3.63, 3.8) is 0 Å². The molecule has 0 heterocycles. The predicted octanol–water partition coefficient (Wildman–Crippen LogP) is 3.49. The van der Waals surface area contributed by atoms with Gasteiger partial charge < -0.3 is 10.2 Å². The summed E-state index contributed by atoms with van der Waals surface area (Å²) in [5.74, 6) is -0.901. The zero-order valence-electron chi connectivity index (χ0n) is 18.4. The number of carbonyl (C=O) groups is 2. The molecule has 2 rings (SSSR count). The van der Waals surface area contributed by atoms with E-state index < -0.39 is 28.5 Å². The fourth-order valence-electron chi connectivity index (χ4n) is 3.27. The van der Waals surface area contributed by atoms with E-state index >= 15 is 0 Å². The van der Waals surface area contributed by atoms with Gasteiger partial charge in [-0.1, -0.05) is 54.4 Å². The van der Waals surface area contributed by atoms with Crippen molar-refractivity contribution in [1.29, 1.82) is 0 Å². The van der Waals surface area contributed by atoms with Crippen molar-refractivity contribution in [3.05, 3.63) is 63.6 Å². The lowest BCUT2D eigenvalue weighted by Gasteiger charge is -2.31. The first-order valence-electron chi connectivity index (χ1n) is 10.00. The third-order valence-corrected chi connectivity index (χ3v) is 6.94. The number of nitrogens with one attached hydrogen (secondary N) is 1. The highest BCUT2D eigenvalue weighted by Gasteiger charge is 2.30. The van der Waals surface area contributed by atoms with Gasteiger partial charge >= 0.3 is 0 Å². The molecule has 7 nitrogen and oxygen atoms in total. The summed E-state index contributed by atoms with van der Waals surface area (Å²) < 4.78 is 26.3. The van der Waals surface area contributed by atoms with Gasteiger partial charge in [0.05, 0.1) is 22.0 Å². The Labute approximate surface area is 199 Å². The molecule has 1 N–H and O–H groups in total. The van der Waals surface area contributed by atoms with E-state index in [1.165, 1.54) is 11.9 Å². The monoisotopic (exact) mass is 499 g/mol. The molecule has 0 saturated heterocycles. The van der Waals surface area contributed by atoms with E-state index in [0.29, 0.717) is 27.7 Å². The number of aryl methyl sites for hydroxylation is 1. The molecular weight excluding hydrogens is 473 g/mol. The summed E-state index contributed by atoms with van der Waals surface area (Å²) in [5.41, 5.74) is 1.89. The van der Waals surface area contributed by atoms with Gasteiger partial charge in [0, 0.05) is 13.6 Å². The lowest BCUT2D eigenvalue weighted by Crippen LogP contribution is -2.50. The number of rotatable bonds is 9. The minimum Gasteiger partial charge on any atom is -0.357 e. The molecule has 0 aliphatic heterocycles. The molecule has 2 aromatic rings. The fourth-order valence-corrected chi connectivity index (χ4v) is 4.48. The Morgan fingerprint density at radius 1 is 1.09 bits per heavy atom.